The zero-order chi connectivity index (χ0) is 16.1. The second-order valence-corrected chi connectivity index (χ2v) is 5.14. The summed E-state index contributed by atoms with van der Waals surface area (Å²) in [7, 11) is 0. The Balaban J connectivity index is 2.22. The summed E-state index contributed by atoms with van der Waals surface area (Å²) in [5.74, 6) is -1.14. The number of aromatic nitrogens is 1. The van der Waals surface area contributed by atoms with Gasteiger partial charge in [0.15, 0.2) is 11.5 Å². The Kier molecular flexibility index (Phi) is 5.16. The van der Waals surface area contributed by atoms with Crippen molar-refractivity contribution in [2.45, 2.75) is 13.3 Å². The van der Waals surface area contributed by atoms with Crippen molar-refractivity contribution in [3.8, 4) is 11.3 Å². The van der Waals surface area contributed by atoms with E-state index in [9.17, 15) is 9.59 Å². The maximum atomic E-state index is 12.3. The van der Waals surface area contributed by atoms with Gasteiger partial charge in [-0.05, 0) is 18.6 Å². The normalized spacial score (nSPS) is 10.5. The van der Waals surface area contributed by atoms with E-state index in [2.05, 4.69) is 5.16 Å². The zero-order valence-corrected chi connectivity index (χ0v) is 12.7. The number of rotatable bonds is 6. The zero-order valence-electron chi connectivity index (χ0n) is 12.0. The summed E-state index contributed by atoms with van der Waals surface area (Å²) in [5, 5.41) is 13.1. The Morgan fingerprint density at radius 2 is 2.14 bits per heavy atom. The van der Waals surface area contributed by atoms with Crippen molar-refractivity contribution in [1.29, 1.82) is 0 Å². The Bertz CT molecular complexity index is 684. The molecule has 0 spiro atoms. The van der Waals surface area contributed by atoms with Gasteiger partial charge in [-0.2, -0.15) is 0 Å². The van der Waals surface area contributed by atoms with Crippen LogP contribution in [-0.2, 0) is 4.79 Å². The van der Waals surface area contributed by atoms with Gasteiger partial charge in [-0.25, -0.2) is 0 Å². The van der Waals surface area contributed by atoms with Crippen LogP contribution in [0.1, 0.15) is 23.8 Å². The molecule has 0 saturated carbocycles. The molecule has 1 amide bonds. The van der Waals surface area contributed by atoms with Crippen LogP contribution in [0.5, 0.6) is 0 Å². The van der Waals surface area contributed by atoms with Crippen LogP contribution < -0.4 is 0 Å². The van der Waals surface area contributed by atoms with E-state index in [0.29, 0.717) is 29.3 Å². The van der Waals surface area contributed by atoms with Gasteiger partial charge in [0, 0.05) is 23.2 Å². The molecule has 0 unspecified atom stereocenters. The van der Waals surface area contributed by atoms with Crippen molar-refractivity contribution >= 4 is 23.5 Å². The van der Waals surface area contributed by atoms with Gasteiger partial charge in [-0.15, -0.1) is 0 Å². The summed E-state index contributed by atoms with van der Waals surface area (Å²) in [5.41, 5.74) is 0.768. The van der Waals surface area contributed by atoms with Gasteiger partial charge >= 0.3 is 5.97 Å². The summed E-state index contributed by atoms with van der Waals surface area (Å²) < 4.78 is 5.16. The molecular weight excluding hydrogens is 308 g/mol. The summed E-state index contributed by atoms with van der Waals surface area (Å²) in [6.07, 6.45) is 0.651. The third-order valence-corrected chi connectivity index (χ3v) is 3.18. The van der Waals surface area contributed by atoms with Crippen LogP contribution >= 0.6 is 11.6 Å². The number of amides is 1. The number of carbonyl (C=O) groups is 2. The molecule has 7 heteroatoms. The van der Waals surface area contributed by atoms with Crippen molar-refractivity contribution in [3.63, 3.8) is 0 Å². The lowest BCUT2D eigenvalue weighted by Gasteiger charge is -2.18. The van der Waals surface area contributed by atoms with E-state index in [4.69, 9.17) is 21.2 Å². The first kappa shape index (κ1) is 16.0. The molecule has 0 aliphatic carbocycles. The standard InChI is InChI=1S/C15H15ClN2O4/c1-2-6-18(9-14(19)20)15(21)12-8-13(22-17-12)10-4-3-5-11(16)7-10/h3-5,7-8H,2,6,9H2,1H3,(H,19,20). The monoisotopic (exact) mass is 322 g/mol. The molecule has 0 saturated heterocycles. The molecule has 6 nitrogen and oxygen atoms in total. The molecule has 116 valence electrons. The first-order valence-electron chi connectivity index (χ1n) is 6.75. The number of carboxylic acid groups (broad SMARTS) is 1. The smallest absolute Gasteiger partial charge is 0.323 e. The third kappa shape index (κ3) is 3.85. The topological polar surface area (TPSA) is 83.6 Å². The number of halogens is 1. The lowest BCUT2D eigenvalue weighted by molar-refractivity contribution is -0.137. The fourth-order valence-electron chi connectivity index (χ4n) is 2.00. The van der Waals surface area contributed by atoms with Gasteiger partial charge < -0.3 is 14.5 Å². The van der Waals surface area contributed by atoms with E-state index in [1.807, 2.05) is 6.92 Å². The molecule has 2 rings (SSSR count). The van der Waals surface area contributed by atoms with Crippen molar-refractivity contribution < 1.29 is 19.2 Å². The first-order valence-corrected chi connectivity index (χ1v) is 7.12. The maximum Gasteiger partial charge on any atom is 0.323 e. The van der Waals surface area contributed by atoms with Crippen molar-refractivity contribution in [1.82, 2.24) is 10.1 Å². The van der Waals surface area contributed by atoms with Crippen LogP contribution in [0.3, 0.4) is 0 Å². The Morgan fingerprint density at radius 3 is 2.77 bits per heavy atom. The van der Waals surface area contributed by atoms with Gasteiger partial charge in [0.1, 0.15) is 6.54 Å². The number of aliphatic carboxylic acids is 1. The fraction of sp³-hybridized carbons (Fsp3) is 0.267. The average molecular weight is 323 g/mol. The molecule has 0 atom stereocenters. The van der Waals surface area contributed by atoms with Crippen LogP contribution in [0.15, 0.2) is 34.9 Å². The Hall–Kier alpha value is -2.34. The molecule has 0 aliphatic rings. The Labute approximate surface area is 132 Å². The molecule has 1 aromatic heterocycles. The van der Waals surface area contributed by atoms with Gasteiger partial charge in [-0.3, -0.25) is 9.59 Å². The molecule has 1 N–H and O–H groups in total. The molecule has 0 radical (unpaired) electrons. The number of hydrogen-bond acceptors (Lipinski definition) is 4. The minimum Gasteiger partial charge on any atom is -0.480 e. The van der Waals surface area contributed by atoms with Crippen LogP contribution in [0, 0.1) is 0 Å². The molecular formula is C15H15ClN2O4. The SMILES string of the molecule is CCCN(CC(=O)O)C(=O)c1cc(-c2cccc(Cl)c2)on1. The minimum atomic E-state index is -1.07. The highest BCUT2D eigenvalue weighted by atomic mass is 35.5. The van der Waals surface area contributed by atoms with E-state index >= 15 is 0 Å². The highest BCUT2D eigenvalue weighted by molar-refractivity contribution is 6.30. The predicted molar refractivity (Wildman–Crippen MR) is 80.8 cm³/mol. The number of benzene rings is 1. The quantitative estimate of drug-likeness (QED) is 0.884. The molecule has 22 heavy (non-hydrogen) atoms. The van der Waals surface area contributed by atoms with E-state index in [1.165, 1.54) is 11.0 Å². The van der Waals surface area contributed by atoms with Crippen LogP contribution in [0.25, 0.3) is 11.3 Å². The van der Waals surface area contributed by atoms with Crippen molar-refractivity contribution in [2.24, 2.45) is 0 Å². The second-order valence-electron chi connectivity index (χ2n) is 4.71. The fourth-order valence-corrected chi connectivity index (χ4v) is 2.19. The number of carboxylic acids is 1. The predicted octanol–water partition coefficient (Wildman–Crippen LogP) is 2.93. The lowest BCUT2D eigenvalue weighted by atomic mass is 10.1. The summed E-state index contributed by atoms with van der Waals surface area (Å²) in [6, 6.07) is 8.44. The highest BCUT2D eigenvalue weighted by Crippen LogP contribution is 2.23. The second kappa shape index (κ2) is 7.09. The third-order valence-electron chi connectivity index (χ3n) is 2.95. The average Bonchev–Trinajstić information content (AvgIpc) is 2.95. The Morgan fingerprint density at radius 1 is 1.36 bits per heavy atom. The van der Waals surface area contributed by atoms with Gasteiger partial charge in [-0.1, -0.05) is 35.8 Å². The molecule has 0 bridgehead atoms. The van der Waals surface area contributed by atoms with E-state index in [0.717, 1.165) is 0 Å². The van der Waals surface area contributed by atoms with Crippen LogP contribution in [0.4, 0.5) is 0 Å². The number of hydrogen-bond donors (Lipinski definition) is 1. The summed E-state index contributed by atoms with van der Waals surface area (Å²) >= 11 is 5.91. The van der Waals surface area contributed by atoms with Crippen LogP contribution in [0.2, 0.25) is 5.02 Å². The highest BCUT2D eigenvalue weighted by Gasteiger charge is 2.21. The van der Waals surface area contributed by atoms with Gasteiger partial charge in [0.25, 0.3) is 5.91 Å². The van der Waals surface area contributed by atoms with E-state index in [1.54, 1.807) is 24.3 Å². The molecule has 0 fully saturated rings. The lowest BCUT2D eigenvalue weighted by Crippen LogP contribution is -2.36. The molecule has 1 heterocycles. The minimum absolute atomic E-state index is 0.0738. The van der Waals surface area contributed by atoms with Gasteiger partial charge in [0.2, 0.25) is 0 Å². The van der Waals surface area contributed by atoms with E-state index in [-0.39, 0.29) is 12.2 Å². The largest absolute Gasteiger partial charge is 0.480 e. The molecule has 1 aromatic carbocycles. The van der Waals surface area contributed by atoms with Crippen LogP contribution in [-0.4, -0.2) is 40.1 Å². The summed E-state index contributed by atoms with van der Waals surface area (Å²) in [4.78, 5) is 24.4. The van der Waals surface area contributed by atoms with Crippen molar-refractivity contribution in [3.05, 3.63) is 41.0 Å². The maximum absolute atomic E-state index is 12.3. The van der Waals surface area contributed by atoms with E-state index < -0.39 is 11.9 Å². The molecule has 2 aromatic rings. The molecule has 0 aliphatic heterocycles. The first-order chi connectivity index (χ1) is 10.5. The van der Waals surface area contributed by atoms with Crippen molar-refractivity contribution in [2.75, 3.05) is 13.1 Å². The van der Waals surface area contributed by atoms with Gasteiger partial charge in [0.05, 0.1) is 0 Å². The number of nitrogens with zero attached hydrogens (tertiary/aromatic N) is 2. The summed E-state index contributed by atoms with van der Waals surface area (Å²) in [6.45, 7) is 1.83. The number of carbonyl (C=O) groups excluding carboxylic acids is 1.